The molecule has 2 atom stereocenters. The third kappa shape index (κ3) is 3.29. The molecular weight excluding hydrogens is 273 g/mol. The molecule has 0 nitrogen and oxygen atoms in total. The molecule has 0 aromatic heterocycles. The van der Waals surface area contributed by atoms with Crippen LogP contribution >= 0.6 is 11.6 Å². The molecule has 19 heavy (non-hydrogen) atoms. The van der Waals surface area contributed by atoms with Gasteiger partial charge in [-0.25, -0.2) is 0 Å². The summed E-state index contributed by atoms with van der Waals surface area (Å²) in [5, 5.41) is -1.14. The predicted octanol–water partition coefficient (Wildman–Crippen LogP) is 5.31. The Hall–Kier alpha value is -1.48. The van der Waals surface area contributed by atoms with Gasteiger partial charge in [0.25, 0.3) is 0 Å². The maximum Gasteiger partial charge on any atom is 0.397 e. The molecule has 0 radical (unpaired) electrons. The summed E-state index contributed by atoms with van der Waals surface area (Å²) in [4.78, 5) is 0. The Labute approximate surface area is 114 Å². The van der Waals surface area contributed by atoms with Crippen molar-refractivity contribution in [1.29, 1.82) is 0 Å². The Bertz CT molecular complexity index is 508. The van der Waals surface area contributed by atoms with Gasteiger partial charge in [0.2, 0.25) is 0 Å². The summed E-state index contributed by atoms with van der Waals surface area (Å²) in [6.07, 6.45) is -4.39. The molecule has 0 aliphatic heterocycles. The third-order valence-corrected chi connectivity index (χ3v) is 3.43. The van der Waals surface area contributed by atoms with Gasteiger partial charge in [0.15, 0.2) is 0 Å². The van der Waals surface area contributed by atoms with Crippen LogP contribution in [0.25, 0.3) is 0 Å². The number of alkyl halides is 4. The first-order chi connectivity index (χ1) is 9.00. The summed E-state index contributed by atoms with van der Waals surface area (Å²) >= 11 is 6.07. The van der Waals surface area contributed by atoms with Gasteiger partial charge in [-0.05, 0) is 11.1 Å². The molecule has 0 heterocycles. The molecule has 0 N–H and O–H groups in total. The lowest BCUT2D eigenvalue weighted by molar-refractivity contribution is -0.151. The number of hydrogen-bond acceptors (Lipinski definition) is 0. The van der Waals surface area contributed by atoms with Gasteiger partial charge >= 0.3 is 6.18 Å². The molecule has 2 rings (SSSR count). The quantitative estimate of drug-likeness (QED) is 0.670. The highest BCUT2D eigenvalue weighted by Gasteiger charge is 2.45. The van der Waals surface area contributed by atoms with Gasteiger partial charge in [-0.15, -0.1) is 11.6 Å². The van der Waals surface area contributed by atoms with Gasteiger partial charge in [0.1, 0.15) is 5.92 Å². The van der Waals surface area contributed by atoms with Crippen molar-refractivity contribution in [3.8, 4) is 0 Å². The summed E-state index contributed by atoms with van der Waals surface area (Å²) in [6, 6.07) is 16.1. The van der Waals surface area contributed by atoms with Crippen LogP contribution in [-0.2, 0) is 0 Å². The Morgan fingerprint density at radius 2 is 1.16 bits per heavy atom. The molecule has 0 amide bonds. The number of rotatable bonds is 3. The van der Waals surface area contributed by atoms with Crippen LogP contribution in [-0.4, -0.2) is 6.18 Å². The normalized spacial score (nSPS) is 14.9. The second-order valence-electron chi connectivity index (χ2n) is 4.24. The van der Waals surface area contributed by atoms with Gasteiger partial charge in [0, 0.05) is 0 Å². The lowest BCUT2D eigenvalue weighted by atomic mass is 9.91. The summed E-state index contributed by atoms with van der Waals surface area (Å²) in [5.41, 5.74) is 0.647. The van der Waals surface area contributed by atoms with E-state index in [1.54, 1.807) is 48.5 Å². The number of benzene rings is 2. The second kappa shape index (κ2) is 5.66. The Balaban J connectivity index is 2.40. The highest BCUT2D eigenvalue weighted by atomic mass is 35.5. The Kier molecular flexibility index (Phi) is 4.15. The van der Waals surface area contributed by atoms with Gasteiger partial charge in [-0.1, -0.05) is 60.7 Å². The number of hydrogen-bond donors (Lipinski definition) is 0. The zero-order valence-corrected chi connectivity index (χ0v) is 10.7. The Morgan fingerprint density at radius 1 is 0.737 bits per heavy atom. The van der Waals surface area contributed by atoms with E-state index in [0.29, 0.717) is 5.56 Å². The molecular formula is C15H12ClF3. The Morgan fingerprint density at radius 3 is 1.58 bits per heavy atom. The van der Waals surface area contributed by atoms with Crippen LogP contribution in [0.4, 0.5) is 13.2 Å². The minimum Gasteiger partial charge on any atom is -0.170 e. The van der Waals surface area contributed by atoms with E-state index < -0.39 is 17.5 Å². The van der Waals surface area contributed by atoms with Crippen LogP contribution in [0.2, 0.25) is 0 Å². The van der Waals surface area contributed by atoms with Crippen molar-refractivity contribution in [1.82, 2.24) is 0 Å². The zero-order valence-electron chi connectivity index (χ0n) is 9.94. The molecule has 100 valence electrons. The molecule has 0 saturated heterocycles. The topological polar surface area (TPSA) is 0 Å². The highest BCUT2D eigenvalue weighted by Crippen LogP contribution is 2.46. The summed E-state index contributed by atoms with van der Waals surface area (Å²) < 4.78 is 39.8. The minimum atomic E-state index is -4.39. The molecule has 0 spiro atoms. The lowest BCUT2D eigenvalue weighted by Crippen LogP contribution is -2.24. The smallest absolute Gasteiger partial charge is 0.170 e. The van der Waals surface area contributed by atoms with Crippen molar-refractivity contribution in [2.45, 2.75) is 17.5 Å². The van der Waals surface area contributed by atoms with Crippen molar-refractivity contribution in [3.05, 3.63) is 71.8 Å². The second-order valence-corrected chi connectivity index (χ2v) is 4.71. The standard InChI is InChI=1S/C15H12ClF3/c16-14(12-9-5-2-6-10-12)13(15(17,18)19)11-7-3-1-4-8-11/h1-10,13-14H. The van der Waals surface area contributed by atoms with Crippen LogP contribution in [0, 0.1) is 0 Å². The molecule has 0 bridgehead atoms. The maximum absolute atomic E-state index is 13.3. The van der Waals surface area contributed by atoms with Crippen molar-refractivity contribution in [2.24, 2.45) is 0 Å². The first-order valence-corrected chi connectivity index (χ1v) is 6.24. The third-order valence-electron chi connectivity index (χ3n) is 2.92. The SMILES string of the molecule is FC(F)(F)C(c1ccccc1)C(Cl)c1ccccc1. The van der Waals surface area contributed by atoms with Crippen LogP contribution in [0.1, 0.15) is 22.4 Å². The summed E-state index contributed by atoms with van der Waals surface area (Å²) in [5.74, 6) is -1.71. The first-order valence-electron chi connectivity index (χ1n) is 5.81. The van der Waals surface area contributed by atoms with Crippen molar-refractivity contribution in [3.63, 3.8) is 0 Å². The molecule has 2 unspecified atom stereocenters. The van der Waals surface area contributed by atoms with Crippen LogP contribution in [0.3, 0.4) is 0 Å². The van der Waals surface area contributed by atoms with E-state index in [9.17, 15) is 13.2 Å². The van der Waals surface area contributed by atoms with E-state index >= 15 is 0 Å². The highest BCUT2D eigenvalue weighted by molar-refractivity contribution is 6.21. The summed E-state index contributed by atoms with van der Waals surface area (Å²) in [7, 11) is 0. The fourth-order valence-corrected chi connectivity index (χ4v) is 2.45. The minimum absolute atomic E-state index is 0.179. The van der Waals surface area contributed by atoms with Crippen molar-refractivity contribution in [2.75, 3.05) is 0 Å². The average molecular weight is 285 g/mol. The van der Waals surface area contributed by atoms with E-state index in [1.807, 2.05) is 0 Å². The molecule has 4 heteroatoms. The molecule has 0 fully saturated rings. The van der Waals surface area contributed by atoms with Crippen LogP contribution in [0.5, 0.6) is 0 Å². The zero-order chi connectivity index (χ0) is 13.9. The van der Waals surface area contributed by atoms with Crippen molar-refractivity contribution >= 4 is 11.6 Å². The molecule has 2 aromatic carbocycles. The predicted molar refractivity (Wildman–Crippen MR) is 70.3 cm³/mol. The lowest BCUT2D eigenvalue weighted by Gasteiger charge is -2.25. The van der Waals surface area contributed by atoms with Gasteiger partial charge in [-0.3, -0.25) is 0 Å². The first kappa shape index (κ1) is 13.9. The van der Waals surface area contributed by atoms with E-state index in [1.165, 1.54) is 12.1 Å². The summed E-state index contributed by atoms with van der Waals surface area (Å²) in [6.45, 7) is 0. The van der Waals surface area contributed by atoms with Crippen LogP contribution < -0.4 is 0 Å². The average Bonchev–Trinajstić information content (AvgIpc) is 2.39. The van der Waals surface area contributed by atoms with Crippen LogP contribution in [0.15, 0.2) is 60.7 Å². The van der Waals surface area contributed by atoms with E-state index in [2.05, 4.69) is 0 Å². The maximum atomic E-state index is 13.3. The molecule has 0 saturated carbocycles. The van der Waals surface area contributed by atoms with E-state index in [0.717, 1.165) is 0 Å². The van der Waals surface area contributed by atoms with Gasteiger partial charge in [0.05, 0.1) is 5.38 Å². The van der Waals surface area contributed by atoms with E-state index in [4.69, 9.17) is 11.6 Å². The van der Waals surface area contributed by atoms with Crippen molar-refractivity contribution < 1.29 is 13.2 Å². The fraction of sp³-hybridized carbons (Fsp3) is 0.200. The molecule has 0 aliphatic carbocycles. The largest absolute Gasteiger partial charge is 0.397 e. The monoisotopic (exact) mass is 284 g/mol. The van der Waals surface area contributed by atoms with Gasteiger partial charge in [-0.2, -0.15) is 13.2 Å². The van der Waals surface area contributed by atoms with Gasteiger partial charge < -0.3 is 0 Å². The molecule has 0 aliphatic rings. The number of halogens is 4. The molecule has 2 aromatic rings. The van der Waals surface area contributed by atoms with E-state index in [-0.39, 0.29) is 5.56 Å². The fourth-order valence-electron chi connectivity index (χ4n) is 2.01.